The lowest BCUT2D eigenvalue weighted by Crippen LogP contribution is -2.44. The van der Waals surface area contributed by atoms with Gasteiger partial charge >= 0.3 is 0 Å². The number of thiophene rings is 1. The Morgan fingerprint density at radius 3 is 2.53 bits per heavy atom. The summed E-state index contributed by atoms with van der Waals surface area (Å²) in [6.07, 6.45) is 0.775. The van der Waals surface area contributed by atoms with Crippen molar-refractivity contribution in [3.8, 4) is 0 Å². The van der Waals surface area contributed by atoms with Crippen LogP contribution >= 0.6 is 11.3 Å². The number of nitrogens with one attached hydrogen (secondary N) is 1. The number of rotatable bonds is 7. The topological polar surface area (TPSA) is 49.4 Å². The maximum atomic E-state index is 12.5. The van der Waals surface area contributed by atoms with E-state index in [1.165, 1.54) is 15.6 Å². The van der Waals surface area contributed by atoms with E-state index in [1.807, 2.05) is 27.7 Å². The first kappa shape index (κ1) is 16.6. The van der Waals surface area contributed by atoms with Crippen LogP contribution in [0.1, 0.15) is 39.0 Å². The Labute approximate surface area is 120 Å². The quantitative estimate of drug-likeness (QED) is 0.842. The smallest absolute Gasteiger partial charge is 0.244 e. The second-order valence-corrected chi connectivity index (χ2v) is 8.13. The fourth-order valence-corrected chi connectivity index (χ4v) is 4.35. The molecule has 0 saturated heterocycles. The predicted octanol–water partition coefficient (Wildman–Crippen LogP) is 2.67. The molecule has 0 radical (unpaired) electrons. The summed E-state index contributed by atoms with van der Waals surface area (Å²) in [7, 11) is -1.74. The number of nitrogens with zero attached hydrogens (tertiary/aromatic N) is 1. The number of sulfonamides is 1. The summed E-state index contributed by atoms with van der Waals surface area (Å²) in [6, 6.07) is 1.77. The maximum Gasteiger partial charge on any atom is 0.244 e. The number of hydrogen-bond acceptors (Lipinski definition) is 4. The van der Waals surface area contributed by atoms with Crippen molar-refractivity contribution in [3.63, 3.8) is 0 Å². The van der Waals surface area contributed by atoms with Crippen LogP contribution < -0.4 is 5.32 Å². The van der Waals surface area contributed by atoms with Crippen molar-refractivity contribution in [2.75, 3.05) is 13.6 Å². The second kappa shape index (κ2) is 6.35. The highest BCUT2D eigenvalue weighted by atomic mass is 32.2. The van der Waals surface area contributed by atoms with Crippen molar-refractivity contribution in [3.05, 3.63) is 16.3 Å². The van der Waals surface area contributed by atoms with E-state index < -0.39 is 10.0 Å². The Balaban J connectivity index is 2.97. The molecule has 0 amide bonds. The third-order valence-electron chi connectivity index (χ3n) is 3.56. The summed E-state index contributed by atoms with van der Waals surface area (Å²) >= 11 is 1.48. The molecular formula is C13H24N2O2S2. The third-order valence-corrected chi connectivity index (χ3v) is 6.69. The summed E-state index contributed by atoms with van der Waals surface area (Å²) < 4.78 is 26.5. The zero-order chi connectivity index (χ0) is 14.7. The molecule has 1 aromatic rings. The van der Waals surface area contributed by atoms with E-state index in [9.17, 15) is 8.42 Å². The highest BCUT2D eigenvalue weighted by molar-refractivity contribution is 7.89. The van der Waals surface area contributed by atoms with E-state index in [0.717, 1.165) is 24.4 Å². The van der Waals surface area contributed by atoms with Crippen LogP contribution in [0.25, 0.3) is 0 Å². The molecule has 0 spiro atoms. The molecule has 1 rings (SSSR count). The third kappa shape index (κ3) is 3.78. The lowest BCUT2D eigenvalue weighted by molar-refractivity contribution is 0.257. The van der Waals surface area contributed by atoms with Gasteiger partial charge in [-0.2, -0.15) is 4.31 Å². The average molecular weight is 304 g/mol. The SMILES string of the molecule is CCNCc1cc(S(=O)(=O)N(C)C(C)(C)CC)cs1. The minimum absolute atomic E-state index is 0.372. The fraction of sp³-hybridized carbons (Fsp3) is 0.692. The number of hydrogen-bond donors (Lipinski definition) is 1. The molecule has 0 atom stereocenters. The van der Waals surface area contributed by atoms with E-state index in [-0.39, 0.29) is 5.54 Å². The van der Waals surface area contributed by atoms with Crippen molar-refractivity contribution in [1.82, 2.24) is 9.62 Å². The Bertz CT molecular complexity index is 506. The van der Waals surface area contributed by atoms with E-state index in [4.69, 9.17) is 0 Å². The summed E-state index contributed by atoms with van der Waals surface area (Å²) in [5, 5.41) is 4.93. The predicted molar refractivity (Wildman–Crippen MR) is 81.0 cm³/mol. The molecule has 0 aliphatic carbocycles. The van der Waals surface area contributed by atoms with Gasteiger partial charge in [0.1, 0.15) is 0 Å². The average Bonchev–Trinajstić information content (AvgIpc) is 2.84. The van der Waals surface area contributed by atoms with Gasteiger partial charge in [-0.05, 0) is 32.9 Å². The molecule has 0 bridgehead atoms. The molecule has 1 N–H and O–H groups in total. The fourth-order valence-electron chi connectivity index (χ4n) is 1.54. The van der Waals surface area contributed by atoms with E-state index in [2.05, 4.69) is 5.32 Å². The van der Waals surface area contributed by atoms with Crippen LogP contribution in [0.5, 0.6) is 0 Å². The molecule has 0 aliphatic rings. The van der Waals surface area contributed by atoms with Crippen LogP contribution in [0.3, 0.4) is 0 Å². The van der Waals surface area contributed by atoms with Gasteiger partial charge in [-0.15, -0.1) is 11.3 Å². The van der Waals surface area contributed by atoms with Crippen LogP contribution in [-0.4, -0.2) is 31.9 Å². The molecule has 0 aliphatic heterocycles. The van der Waals surface area contributed by atoms with Gasteiger partial charge in [-0.3, -0.25) is 0 Å². The summed E-state index contributed by atoms with van der Waals surface area (Å²) in [5.41, 5.74) is -0.372. The van der Waals surface area contributed by atoms with Gasteiger partial charge in [0.2, 0.25) is 10.0 Å². The van der Waals surface area contributed by atoms with Crippen molar-refractivity contribution in [2.45, 2.75) is 51.1 Å². The molecule has 0 fully saturated rings. The van der Waals surface area contributed by atoms with Crippen LogP contribution in [0.15, 0.2) is 16.3 Å². The summed E-state index contributed by atoms with van der Waals surface area (Å²) in [5.74, 6) is 0. The van der Waals surface area contributed by atoms with Crippen molar-refractivity contribution in [2.24, 2.45) is 0 Å². The van der Waals surface area contributed by atoms with Crippen molar-refractivity contribution in [1.29, 1.82) is 0 Å². The summed E-state index contributed by atoms with van der Waals surface area (Å²) in [4.78, 5) is 1.44. The van der Waals surface area contributed by atoms with Gasteiger partial charge in [0, 0.05) is 29.4 Å². The molecule has 1 heterocycles. The van der Waals surface area contributed by atoms with Gasteiger partial charge < -0.3 is 5.32 Å². The molecule has 0 unspecified atom stereocenters. The van der Waals surface area contributed by atoms with Crippen molar-refractivity contribution < 1.29 is 8.42 Å². The first-order valence-electron chi connectivity index (χ1n) is 6.53. The zero-order valence-corrected chi connectivity index (χ0v) is 14.0. The van der Waals surface area contributed by atoms with Gasteiger partial charge in [0.05, 0.1) is 4.90 Å². The molecule has 0 saturated carbocycles. The Kier molecular flexibility index (Phi) is 5.55. The Hall–Kier alpha value is -0.430. The maximum absolute atomic E-state index is 12.5. The van der Waals surface area contributed by atoms with Crippen molar-refractivity contribution >= 4 is 21.4 Å². The molecule has 1 aromatic heterocycles. The molecule has 110 valence electrons. The van der Waals surface area contributed by atoms with Gasteiger partial charge in [-0.25, -0.2) is 8.42 Å². The second-order valence-electron chi connectivity index (χ2n) is 5.17. The standard InChI is InChI=1S/C13H24N2O2S2/c1-6-13(3,4)15(5)19(16,17)12-8-11(18-10-12)9-14-7-2/h8,10,14H,6-7,9H2,1-5H3. The Morgan fingerprint density at radius 1 is 1.37 bits per heavy atom. The molecular weight excluding hydrogens is 280 g/mol. The minimum Gasteiger partial charge on any atom is -0.312 e. The lowest BCUT2D eigenvalue weighted by atomic mass is 10.0. The first-order chi connectivity index (χ1) is 8.75. The summed E-state index contributed by atoms with van der Waals surface area (Å²) in [6.45, 7) is 9.51. The first-order valence-corrected chi connectivity index (χ1v) is 8.84. The molecule has 4 nitrogen and oxygen atoms in total. The van der Waals surface area contributed by atoms with Crippen LogP contribution in [0.4, 0.5) is 0 Å². The van der Waals surface area contributed by atoms with Gasteiger partial charge in [0.15, 0.2) is 0 Å². The van der Waals surface area contributed by atoms with E-state index in [1.54, 1.807) is 18.5 Å². The lowest BCUT2D eigenvalue weighted by Gasteiger charge is -2.33. The van der Waals surface area contributed by atoms with Gasteiger partial charge in [0.25, 0.3) is 0 Å². The zero-order valence-electron chi connectivity index (χ0n) is 12.4. The van der Waals surface area contributed by atoms with E-state index >= 15 is 0 Å². The molecule has 0 aromatic carbocycles. The van der Waals surface area contributed by atoms with Crippen LogP contribution in [0.2, 0.25) is 0 Å². The van der Waals surface area contributed by atoms with Gasteiger partial charge in [-0.1, -0.05) is 13.8 Å². The van der Waals surface area contributed by atoms with E-state index in [0.29, 0.717) is 4.90 Å². The largest absolute Gasteiger partial charge is 0.312 e. The van der Waals surface area contributed by atoms with Crippen LogP contribution in [0, 0.1) is 0 Å². The van der Waals surface area contributed by atoms with Crippen LogP contribution in [-0.2, 0) is 16.6 Å². The molecule has 19 heavy (non-hydrogen) atoms. The normalized spacial score (nSPS) is 13.2. The minimum atomic E-state index is -3.40. The monoisotopic (exact) mass is 304 g/mol. The highest BCUT2D eigenvalue weighted by Gasteiger charge is 2.33. The highest BCUT2D eigenvalue weighted by Crippen LogP contribution is 2.28. The molecule has 6 heteroatoms. The Morgan fingerprint density at radius 2 is 2.00 bits per heavy atom.